The van der Waals surface area contributed by atoms with Crippen LogP contribution in [0, 0.1) is 11.8 Å². The van der Waals surface area contributed by atoms with Crippen molar-refractivity contribution >= 4 is 11.6 Å². The lowest BCUT2D eigenvalue weighted by atomic mass is 9.88. The summed E-state index contributed by atoms with van der Waals surface area (Å²) in [6, 6.07) is 14.7. The summed E-state index contributed by atoms with van der Waals surface area (Å²) in [6.07, 6.45) is 3.29. The van der Waals surface area contributed by atoms with Crippen LogP contribution in [0.15, 0.2) is 48.5 Å². The second kappa shape index (κ2) is 14.5. The first kappa shape index (κ1) is 31.5. The molecule has 0 heterocycles. The molecule has 0 aromatic heterocycles. The Morgan fingerprint density at radius 2 is 0.947 bits per heavy atom. The van der Waals surface area contributed by atoms with E-state index in [4.69, 9.17) is 9.47 Å². The Morgan fingerprint density at radius 3 is 1.21 bits per heavy atom. The lowest BCUT2D eigenvalue weighted by Crippen LogP contribution is -2.41. The summed E-state index contributed by atoms with van der Waals surface area (Å²) < 4.78 is 10.5. The van der Waals surface area contributed by atoms with E-state index in [-0.39, 0.29) is 34.5 Å². The molecule has 0 aliphatic rings. The van der Waals surface area contributed by atoms with E-state index in [1.807, 2.05) is 48.5 Å². The molecule has 2 atom stereocenters. The smallest absolute Gasteiger partial charge is 0.167 e. The van der Waals surface area contributed by atoms with Crippen molar-refractivity contribution in [3.05, 3.63) is 59.7 Å². The Morgan fingerprint density at radius 1 is 0.632 bits per heavy atom. The highest BCUT2D eigenvalue weighted by atomic mass is 16.5. The fourth-order valence-corrected chi connectivity index (χ4v) is 4.27. The zero-order valence-electron chi connectivity index (χ0n) is 24.6. The van der Waals surface area contributed by atoms with E-state index in [1.54, 1.807) is 14.2 Å². The normalized spacial score (nSPS) is 13.6. The first-order chi connectivity index (χ1) is 17.8. The van der Waals surface area contributed by atoms with Crippen LogP contribution >= 0.6 is 0 Å². The first-order valence-electron chi connectivity index (χ1n) is 13.7. The summed E-state index contributed by atoms with van der Waals surface area (Å²) in [7, 11) is 3.24. The first-order valence-corrected chi connectivity index (χ1v) is 13.7. The fraction of sp³-hybridized carbons (Fsp3) is 0.562. The summed E-state index contributed by atoms with van der Waals surface area (Å²) in [5.74, 6) is 1.50. The molecule has 2 aromatic rings. The molecule has 0 unspecified atom stereocenters. The second-order valence-electron chi connectivity index (χ2n) is 12.1. The summed E-state index contributed by atoms with van der Waals surface area (Å²) in [5, 5.41) is 7.02. The number of benzene rings is 2. The van der Waals surface area contributed by atoms with Crippen LogP contribution < -0.4 is 20.1 Å². The number of hydrogen-bond acceptors (Lipinski definition) is 6. The zero-order valence-corrected chi connectivity index (χ0v) is 24.6. The zero-order chi connectivity index (χ0) is 28.3. The van der Waals surface area contributed by atoms with Crippen molar-refractivity contribution in [1.29, 1.82) is 0 Å². The number of methoxy groups -OCH3 is 2. The number of ether oxygens (including phenoxy) is 2. The maximum atomic E-state index is 13.4. The van der Waals surface area contributed by atoms with Crippen molar-refractivity contribution in [1.82, 2.24) is 10.6 Å². The van der Waals surface area contributed by atoms with E-state index in [1.165, 1.54) is 0 Å². The Hall–Kier alpha value is -2.70. The van der Waals surface area contributed by atoms with Crippen LogP contribution in [0.1, 0.15) is 87.9 Å². The average molecular weight is 525 g/mol. The van der Waals surface area contributed by atoms with Gasteiger partial charge >= 0.3 is 0 Å². The highest BCUT2D eigenvalue weighted by molar-refractivity contribution is 5.98. The van der Waals surface area contributed by atoms with Gasteiger partial charge < -0.3 is 20.1 Å². The van der Waals surface area contributed by atoms with E-state index >= 15 is 0 Å². The highest BCUT2D eigenvalue weighted by Gasteiger charge is 2.25. The molecule has 210 valence electrons. The van der Waals surface area contributed by atoms with E-state index < -0.39 is 0 Å². The van der Waals surface area contributed by atoms with Gasteiger partial charge in [0.1, 0.15) is 11.5 Å². The molecule has 0 aliphatic carbocycles. The number of rotatable bonds is 15. The fourth-order valence-electron chi connectivity index (χ4n) is 4.27. The third-order valence-corrected chi connectivity index (χ3v) is 6.60. The van der Waals surface area contributed by atoms with Crippen LogP contribution in [-0.2, 0) is 0 Å². The maximum absolute atomic E-state index is 13.4. The van der Waals surface area contributed by atoms with Gasteiger partial charge in [0.25, 0.3) is 0 Å². The van der Waals surface area contributed by atoms with Crippen molar-refractivity contribution in [2.45, 2.75) is 78.3 Å². The van der Waals surface area contributed by atoms with Crippen LogP contribution in [0.2, 0.25) is 0 Å². The molecule has 0 spiro atoms. The Labute approximate surface area is 229 Å². The molecule has 38 heavy (non-hydrogen) atoms. The van der Waals surface area contributed by atoms with Crippen LogP contribution in [0.3, 0.4) is 0 Å². The lowest BCUT2D eigenvalue weighted by molar-refractivity contribution is 0.0886. The van der Waals surface area contributed by atoms with E-state index in [9.17, 15) is 9.59 Å². The number of Topliss-reactive ketones (excluding diaryl/α,β-unsaturated/α-hetero) is 2. The molecule has 0 amide bonds. The van der Waals surface area contributed by atoms with Crippen LogP contribution in [0.5, 0.6) is 11.5 Å². The number of ketones is 2. The molecule has 0 radical (unpaired) electrons. The minimum Gasteiger partial charge on any atom is -0.497 e. The van der Waals surface area contributed by atoms with E-state index in [2.05, 4.69) is 52.2 Å². The summed E-state index contributed by atoms with van der Waals surface area (Å²) >= 11 is 0. The average Bonchev–Trinajstić information content (AvgIpc) is 2.88. The van der Waals surface area contributed by atoms with Crippen molar-refractivity contribution in [3.8, 4) is 11.5 Å². The minimum atomic E-state index is -0.133. The SMILES string of the molecule is COc1ccc(C(=O)[C@H](CCCC[C@@H](CNC(C)(C)C)C(=O)c2ccc(OC)cc2)CNC(C)(C)C)cc1. The third kappa shape index (κ3) is 11.0. The highest BCUT2D eigenvalue weighted by Crippen LogP contribution is 2.23. The van der Waals surface area contributed by atoms with Crippen molar-refractivity contribution in [3.63, 3.8) is 0 Å². The van der Waals surface area contributed by atoms with Gasteiger partial charge in [-0.05, 0) is 103 Å². The number of nitrogens with one attached hydrogen (secondary N) is 2. The molecule has 2 aromatic carbocycles. The van der Waals surface area contributed by atoms with Gasteiger partial charge in [0.05, 0.1) is 14.2 Å². The number of carbonyl (C=O) groups is 2. The van der Waals surface area contributed by atoms with Crippen molar-refractivity contribution in [2.24, 2.45) is 11.8 Å². The largest absolute Gasteiger partial charge is 0.497 e. The molecular weight excluding hydrogens is 476 g/mol. The van der Waals surface area contributed by atoms with Gasteiger partial charge in [-0.25, -0.2) is 0 Å². The quantitative estimate of drug-likeness (QED) is 0.209. The van der Waals surface area contributed by atoms with Gasteiger partial charge in [-0.1, -0.05) is 12.8 Å². The number of unbranched alkanes of at least 4 members (excludes halogenated alkanes) is 1. The molecule has 2 rings (SSSR count). The minimum absolute atomic E-state index is 0.0764. The summed E-state index contributed by atoms with van der Waals surface area (Å²) in [5.41, 5.74) is 1.25. The van der Waals surface area contributed by atoms with Gasteiger partial charge in [0.2, 0.25) is 0 Å². The van der Waals surface area contributed by atoms with Gasteiger partial charge in [0, 0.05) is 47.1 Å². The lowest BCUT2D eigenvalue weighted by Gasteiger charge is -2.26. The van der Waals surface area contributed by atoms with Crippen molar-refractivity contribution < 1.29 is 19.1 Å². The molecule has 0 saturated heterocycles. The Balaban J connectivity index is 2.06. The van der Waals surface area contributed by atoms with Gasteiger partial charge in [-0.2, -0.15) is 0 Å². The van der Waals surface area contributed by atoms with Gasteiger partial charge in [0.15, 0.2) is 11.6 Å². The predicted octanol–water partition coefficient (Wildman–Crippen LogP) is 6.34. The second-order valence-corrected chi connectivity index (χ2v) is 12.1. The van der Waals surface area contributed by atoms with E-state index in [0.29, 0.717) is 24.2 Å². The Kier molecular flexibility index (Phi) is 12.0. The molecule has 0 fully saturated rings. The molecule has 6 heteroatoms. The molecule has 2 N–H and O–H groups in total. The van der Waals surface area contributed by atoms with Crippen molar-refractivity contribution in [2.75, 3.05) is 27.3 Å². The molecular formula is C32H48N2O4. The predicted molar refractivity (Wildman–Crippen MR) is 156 cm³/mol. The molecule has 0 aliphatic heterocycles. The van der Waals surface area contributed by atoms with Crippen LogP contribution in [-0.4, -0.2) is 50.0 Å². The maximum Gasteiger partial charge on any atom is 0.167 e. The Bertz CT molecular complexity index is 918. The van der Waals surface area contributed by atoms with Gasteiger partial charge in [-0.3, -0.25) is 9.59 Å². The summed E-state index contributed by atoms with van der Waals surface area (Å²) in [6.45, 7) is 13.9. The summed E-state index contributed by atoms with van der Waals surface area (Å²) in [4.78, 5) is 26.8. The number of carbonyl (C=O) groups excluding carboxylic acids is 2. The standard InChI is InChI=1S/C32H48N2O4/c1-31(2,3)33-21-25(29(35)23-13-17-27(37-7)18-14-23)11-9-10-12-26(22-34-32(4,5)6)30(36)24-15-19-28(38-8)20-16-24/h13-20,25-26,33-34H,9-12,21-22H2,1-8H3/t25-,26+. The van der Waals surface area contributed by atoms with E-state index in [0.717, 1.165) is 37.2 Å². The third-order valence-electron chi connectivity index (χ3n) is 6.60. The molecule has 6 nitrogen and oxygen atoms in total. The van der Waals surface area contributed by atoms with Crippen LogP contribution in [0.4, 0.5) is 0 Å². The monoisotopic (exact) mass is 524 g/mol. The van der Waals surface area contributed by atoms with Crippen LogP contribution in [0.25, 0.3) is 0 Å². The topological polar surface area (TPSA) is 76.7 Å². The van der Waals surface area contributed by atoms with Gasteiger partial charge in [-0.15, -0.1) is 0 Å². The molecule has 0 bridgehead atoms. The molecule has 0 saturated carbocycles. The number of hydrogen-bond donors (Lipinski definition) is 2.